The van der Waals surface area contributed by atoms with Crippen molar-refractivity contribution in [1.29, 1.82) is 0 Å². The minimum atomic E-state index is -0.172. The van der Waals surface area contributed by atoms with E-state index in [1.807, 2.05) is 13.8 Å². The van der Waals surface area contributed by atoms with E-state index in [1.54, 1.807) is 0 Å². The first-order chi connectivity index (χ1) is 6.25. The van der Waals surface area contributed by atoms with E-state index in [4.69, 9.17) is 4.74 Å². The van der Waals surface area contributed by atoms with Crippen LogP contribution in [0, 0.1) is 5.41 Å². The molecule has 1 unspecified atom stereocenters. The van der Waals surface area contributed by atoms with E-state index in [1.165, 1.54) is 19.3 Å². The Morgan fingerprint density at radius 2 is 2.00 bits per heavy atom. The predicted molar refractivity (Wildman–Crippen MR) is 52.7 cm³/mol. The SMILES string of the molecule is CCOC(C)C1(C=O)CCCCC1. The highest BCUT2D eigenvalue weighted by atomic mass is 16.5. The van der Waals surface area contributed by atoms with Crippen LogP contribution >= 0.6 is 0 Å². The molecule has 2 heteroatoms. The highest BCUT2D eigenvalue weighted by Crippen LogP contribution is 2.38. The number of carbonyl (C=O) groups excluding carboxylic acids is 1. The molecule has 0 saturated heterocycles. The summed E-state index contributed by atoms with van der Waals surface area (Å²) in [5.74, 6) is 0. The average molecular weight is 184 g/mol. The van der Waals surface area contributed by atoms with E-state index in [0.717, 1.165) is 19.1 Å². The molecule has 0 amide bonds. The minimum Gasteiger partial charge on any atom is -0.378 e. The monoisotopic (exact) mass is 184 g/mol. The zero-order valence-electron chi connectivity index (χ0n) is 8.71. The lowest BCUT2D eigenvalue weighted by atomic mass is 9.72. The number of rotatable bonds is 4. The van der Waals surface area contributed by atoms with E-state index in [0.29, 0.717) is 6.61 Å². The van der Waals surface area contributed by atoms with Crippen LogP contribution in [0.2, 0.25) is 0 Å². The summed E-state index contributed by atoms with van der Waals surface area (Å²) in [6.07, 6.45) is 6.87. The Morgan fingerprint density at radius 1 is 1.38 bits per heavy atom. The summed E-state index contributed by atoms with van der Waals surface area (Å²) in [5, 5.41) is 0. The van der Waals surface area contributed by atoms with Gasteiger partial charge in [-0.15, -0.1) is 0 Å². The molecule has 76 valence electrons. The fraction of sp³-hybridized carbons (Fsp3) is 0.909. The zero-order valence-corrected chi connectivity index (χ0v) is 8.71. The topological polar surface area (TPSA) is 26.3 Å². The molecule has 0 aromatic rings. The Balaban J connectivity index is 2.60. The fourth-order valence-corrected chi connectivity index (χ4v) is 2.25. The summed E-state index contributed by atoms with van der Waals surface area (Å²) in [5.41, 5.74) is -0.172. The molecule has 0 aromatic carbocycles. The fourth-order valence-electron chi connectivity index (χ4n) is 2.25. The Labute approximate surface area is 80.7 Å². The maximum absolute atomic E-state index is 11.1. The zero-order chi connectivity index (χ0) is 9.73. The molecule has 1 atom stereocenters. The lowest BCUT2D eigenvalue weighted by Gasteiger charge is -2.36. The van der Waals surface area contributed by atoms with E-state index in [9.17, 15) is 4.79 Å². The summed E-state index contributed by atoms with van der Waals surface area (Å²) in [7, 11) is 0. The maximum atomic E-state index is 11.1. The Hall–Kier alpha value is -0.370. The van der Waals surface area contributed by atoms with Crippen molar-refractivity contribution in [3.8, 4) is 0 Å². The number of hydrogen-bond donors (Lipinski definition) is 0. The highest BCUT2D eigenvalue weighted by Gasteiger charge is 2.37. The van der Waals surface area contributed by atoms with Gasteiger partial charge in [-0.3, -0.25) is 0 Å². The quantitative estimate of drug-likeness (QED) is 0.628. The number of carbonyl (C=O) groups is 1. The third-order valence-corrected chi connectivity index (χ3v) is 3.25. The highest BCUT2D eigenvalue weighted by molar-refractivity contribution is 5.60. The van der Waals surface area contributed by atoms with Gasteiger partial charge in [0, 0.05) is 6.61 Å². The van der Waals surface area contributed by atoms with Crippen molar-refractivity contribution in [1.82, 2.24) is 0 Å². The van der Waals surface area contributed by atoms with Crippen LogP contribution < -0.4 is 0 Å². The molecule has 1 aliphatic rings. The van der Waals surface area contributed by atoms with Gasteiger partial charge in [-0.05, 0) is 26.7 Å². The van der Waals surface area contributed by atoms with Crippen LogP contribution in [0.3, 0.4) is 0 Å². The summed E-state index contributed by atoms with van der Waals surface area (Å²) in [6.45, 7) is 4.72. The van der Waals surface area contributed by atoms with Gasteiger partial charge in [0.25, 0.3) is 0 Å². The average Bonchev–Trinajstić information content (AvgIpc) is 2.19. The van der Waals surface area contributed by atoms with Crippen molar-refractivity contribution in [2.75, 3.05) is 6.61 Å². The summed E-state index contributed by atoms with van der Waals surface area (Å²) in [6, 6.07) is 0. The number of aldehydes is 1. The van der Waals surface area contributed by atoms with Crippen molar-refractivity contribution < 1.29 is 9.53 Å². The van der Waals surface area contributed by atoms with Crippen LogP contribution in [-0.2, 0) is 9.53 Å². The first-order valence-electron chi connectivity index (χ1n) is 5.33. The molecule has 0 N–H and O–H groups in total. The lowest BCUT2D eigenvalue weighted by Crippen LogP contribution is -2.38. The van der Waals surface area contributed by atoms with E-state index in [2.05, 4.69) is 0 Å². The smallest absolute Gasteiger partial charge is 0.128 e. The van der Waals surface area contributed by atoms with Crippen LogP contribution in [0.5, 0.6) is 0 Å². The van der Waals surface area contributed by atoms with Gasteiger partial charge >= 0.3 is 0 Å². The van der Waals surface area contributed by atoms with Gasteiger partial charge in [-0.1, -0.05) is 19.3 Å². The number of hydrogen-bond acceptors (Lipinski definition) is 2. The Morgan fingerprint density at radius 3 is 2.46 bits per heavy atom. The standard InChI is InChI=1S/C11H20O2/c1-3-13-10(2)11(9-12)7-5-4-6-8-11/h9-10H,3-8H2,1-2H3. The Kier molecular flexibility index (Phi) is 3.91. The molecule has 0 heterocycles. The van der Waals surface area contributed by atoms with Gasteiger partial charge in [-0.25, -0.2) is 0 Å². The largest absolute Gasteiger partial charge is 0.378 e. The maximum Gasteiger partial charge on any atom is 0.128 e. The molecule has 1 aliphatic carbocycles. The van der Waals surface area contributed by atoms with Crippen LogP contribution in [0.4, 0.5) is 0 Å². The predicted octanol–water partition coefficient (Wildman–Crippen LogP) is 2.56. The third kappa shape index (κ3) is 2.31. The van der Waals surface area contributed by atoms with Crippen molar-refractivity contribution in [3.05, 3.63) is 0 Å². The summed E-state index contributed by atoms with van der Waals surface area (Å²) >= 11 is 0. The van der Waals surface area contributed by atoms with Gasteiger partial charge in [0.15, 0.2) is 0 Å². The first kappa shape index (κ1) is 10.7. The molecule has 0 aliphatic heterocycles. The van der Waals surface area contributed by atoms with Crippen molar-refractivity contribution >= 4 is 6.29 Å². The van der Waals surface area contributed by atoms with Gasteiger partial charge in [0.05, 0.1) is 11.5 Å². The molecule has 13 heavy (non-hydrogen) atoms. The molecule has 0 aromatic heterocycles. The Bertz CT molecular complexity index is 159. The van der Waals surface area contributed by atoms with Crippen LogP contribution in [0.25, 0.3) is 0 Å². The molecule has 2 nitrogen and oxygen atoms in total. The van der Waals surface area contributed by atoms with Crippen LogP contribution in [0.15, 0.2) is 0 Å². The lowest BCUT2D eigenvalue weighted by molar-refractivity contribution is -0.128. The first-order valence-corrected chi connectivity index (χ1v) is 5.33. The second-order valence-corrected chi connectivity index (χ2v) is 4.01. The summed E-state index contributed by atoms with van der Waals surface area (Å²) in [4.78, 5) is 11.1. The molecular weight excluding hydrogens is 164 g/mol. The molecule has 0 radical (unpaired) electrons. The van der Waals surface area contributed by atoms with Gasteiger partial charge < -0.3 is 9.53 Å². The third-order valence-electron chi connectivity index (χ3n) is 3.25. The number of ether oxygens (including phenoxy) is 1. The van der Waals surface area contributed by atoms with Gasteiger partial charge in [-0.2, -0.15) is 0 Å². The van der Waals surface area contributed by atoms with Crippen molar-refractivity contribution in [3.63, 3.8) is 0 Å². The summed E-state index contributed by atoms with van der Waals surface area (Å²) < 4.78 is 5.54. The minimum absolute atomic E-state index is 0.0929. The second kappa shape index (κ2) is 4.75. The van der Waals surface area contributed by atoms with Crippen molar-refractivity contribution in [2.24, 2.45) is 5.41 Å². The molecule has 1 rings (SSSR count). The molecule has 0 bridgehead atoms. The second-order valence-electron chi connectivity index (χ2n) is 4.01. The molecular formula is C11H20O2. The van der Waals surface area contributed by atoms with Gasteiger partial charge in [0.1, 0.15) is 6.29 Å². The molecule has 1 saturated carbocycles. The van der Waals surface area contributed by atoms with Crippen LogP contribution in [0.1, 0.15) is 46.0 Å². The molecule has 1 fully saturated rings. The van der Waals surface area contributed by atoms with E-state index >= 15 is 0 Å². The van der Waals surface area contributed by atoms with E-state index in [-0.39, 0.29) is 11.5 Å². The van der Waals surface area contributed by atoms with Crippen LogP contribution in [-0.4, -0.2) is 19.0 Å². The van der Waals surface area contributed by atoms with Gasteiger partial charge in [0.2, 0.25) is 0 Å². The van der Waals surface area contributed by atoms with E-state index < -0.39 is 0 Å². The normalized spacial score (nSPS) is 23.8. The molecule has 0 spiro atoms. The van der Waals surface area contributed by atoms with Crippen molar-refractivity contribution in [2.45, 2.75) is 52.1 Å².